The van der Waals surface area contributed by atoms with Gasteiger partial charge in [0, 0.05) is 0 Å². The lowest BCUT2D eigenvalue weighted by molar-refractivity contribution is -0.548. The third-order valence-corrected chi connectivity index (χ3v) is 3.17. The predicted octanol–water partition coefficient (Wildman–Crippen LogP) is 6.06. The topological polar surface area (TPSA) is 44.8 Å². The van der Waals surface area contributed by atoms with E-state index in [0.717, 1.165) is 13.8 Å². The summed E-state index contributed by atoms with van der Waals surface area (Å²) in [5.41, 5.74) is 0. The highest BCUT2D eigenvalue weighted by molar-refractivity contribution is 5.78. The fourth-order valence-electron chi connectivity index (χ4n) is 1.48. The van der Waals surface area contributed by atoms with E-state index in [2.05, 4.69) is 4.74 Å². The van der Waals surface area contributed by atoms with Crippen LogP contribution in [0.2, 0.25) is 0 Å². The van der Waals surface area contributed by atoms with Crippen molar-refractivity contribution < 1.29 is 93.6 Å². The quantitative estimate of drug-likeness (QED) is 0.258. The lowest BCUT2D eigenvalue weighted by atomic mass is 10.2. The molecular formula is C13H9F17O4. The van der Waals surface area contributed by atoms with Gasteiger partial charge in [0.15, 0.2) is 0 Å². The summed E-state index contributed by atoms with van der Waals surface area (Å²) in [6, 6.07) is 0. The van der Waals surface area contributed by atoms with Gasteiger partial charge in [-0.15, -0.1) is 0 Å². The molecule has 0 aliphatic rings. The molecule has 0 saturated heterocycles. The third kappa shape index (κ3) is 5.88. The molecule has 2 atom stereocenters. The van der Waals surface area contributed by atoms with Crippen molar-refractivity contribution >= 4 is 5.97 Å². The molecule has 0 aliphatic heterocycles. The number of rotatable bonds is 9. The van der Waals surface area contributed by atoms with Gasteiger partial charge in [0.2, 0.25) is 0 Å². The van der Waals surface area contributed by atoms with E-state index < -0.39 is 66.9 Å². The van der Waals surface area contributed by atoms with Crippen LogP contribution in [-0.4, -0.2) is 61.0 Å². The van der Waals surface area contributed by atoms with Crippen molar-refractivity contribution in [3.05, 3.63) is 0 Å². The molecule has 34 heavy (non-hydrogen) atoms. The largest absolute Gasteiger partial charge is 0.462 e. The first-order valence-electron chi connectivity index (χ1n) is 7.79. The van der Waals surface area contributed by atoms with Gasteiger partial charge >= 0.3 is 54.3 Å². The average molecular weight is 552 g/mol. The Morgan fingerprint density at radius 2 is 1.03 bits per heavy atom. The van der Waals surface area contributed by atoms with Crippen molar-refractivity contribution in [2.24, 2.45) is 5.92 Å². The fraction of sp³-hybridized carbons (Fsp3) is 0.923. The van der Waals surface area contributed by atoms with Gasteiger partial charge in [-0.1, -0.05) is 13.8 Å². The molecule has 4 nitrogen and oxygen atoms in total. The van der Waals surface area contributed by atoms with E-state index in [-0.39, 0.29) is 0 Å². The SMILES string of the molecule is CC(C)COC(=O)[C@@](F)(OC(F)(F)[C@](F)(OC(F)(F)C(F)(F)C(F)(F)F)C(F)(F)F)C(F)(F)F. The minimum absolute atomic E-state index is 1.01. The number of hydrogen-bond donors (Lipinski definition) is 0. The molecule has 0 aromatic rings. The van der Waals surface area contributed by atoms with Crippen LogP contribution in [0, 0.1) is 5.92 Å². The second-order valence-electron chi connectivity index (χ2n) is 6.49. The smallest absolute Gasteiger partial charge is 0.461 e. The van der Waals surface area contributed by atoms with E-state index in [9.17, 15) is 79.4 Å². The number of hydrogen-bond acceptors (Lipinski definition) is 4. The van der Waals surface area contributed by atoms with Crippen molar-refractivity contribution in [3.8, 4) is 0 Å². The van der Waals surface area contributed by atoms with Gasteiger partial charge < -0.3 is 4.74 Å². The van der Waals surface area contributed by atoms with Gasteiger partial charge in [-0.2, -0.15) is 74.6 Å². The van der Waals surface area contributed by atoms with Crippen LogP contribution < -0.4 is 0 Å². The second kappa shape index (κ2) is 9.01. The highest BCUT2D eigenvalue weighted by atomic mass is 19.4. The second-order valence-corrected chi connectivity index (χ2v) is 6.49. The summed E-state index contributed by atoms with van der Waals surface area (Å²) in [7, 11) is 0. The Labute approximate surface area is 175 Å². The summed E-state index contributed by atoms with van der Waals surface area (Å²) in [6.45, 7) is 0.786. The summed E-state index contributed by atoms with van der Waals surface area (Å²) >= 11 is 0. The van der Waals surface area contributed by atoms with Gasteiger partial charge in [-0.3, -0.25) is 9.47 Å². The molecule has 0 unspecified atom stereocenters. The van der Waals surface area contributed by atoms with Crippen molar-refractivity contribution in [1.82, 2.24) is 0 Å². The maximum atomic E-state index is 14.0. The molecule has 0 fully saturated rings. The Morgan fingerprint density at radius 1 is 0.618 bits per heavy atom. The van der Waals surface area contributed by atoms with Crippen LogP contribution in [0.3, 0.4) is 0 Å². The van der Waals surface area contributed by atoms with E-state index in [0.29, 0.717) is 0 Å². The van der Waals surface area contributed by atoms with Crippen LogP contribution in [0.15, 0.2) is 0 Å². The van der Waals surface area contributed by atoms with Crippen molar-refractivity contribution in [1.29, 1.82) is 0 Å². The summed E-state index contributed by atoms with van der Waals surface area (Å²) < 4.78 is 226. The van der Waals surface area contributed by atoms with E-state index in [1.807, 2.05) is 4.74 Å². The Balaban J connectivity index is 6.67. The molecule has 0 bridgehead atoms. The van der Waals surface area contributed by atoms with Gasteiger partial charge in [0.05, 0.1) is 6.61 Å². The minimum Gasteiger partial charge on any atom is -0.461 e. The molecule has 0 N–H and O–H groups in total. The molecule has 0 rings (SSSR count). The first-order chi connectivity index (χ1) is 14.5. The number of halogens is 17. The van der Waals surface area contributed by atoms with Crippen LogP contribution >= 0.6 is 0 Å². The Hall–Kier alpha value is -1.80. The zero-order valence-electron chi connectivity index (χ0n) is 15.8. The number of carbonyl (C=O) groups is 1. The molecular weight excluding hydrogens is 543 g/mol. The van der Waals surface area contributed by atoms with E-state index in [1.54, 1.807) is 0 Å². The Kier molecular flexibility index (Phi) is 8.53. The fourth-order valence-corrected chi connectivity index (χ4v) is 1.48. The maximum absolute atomic E-state index is 14.0. The maximum Gasteiger partial charge on any atom is 0.462 e. The van der Waals surface area contributed by atoms with E-state index in [4.69, 9.17) is 0 Å². The molecule has 0 saturated carbocycles. The average Bonchev–Trinajstić information content (AvgIpc) is 2.55. The molecule has 0 amide bonds. The summed E-state index contributed by atoms with van der Waals surface area (Å²) in [6.07, 6.45) is -38.5. The molecule has 0 radical (unpaired) electrons. The first-order valence-corrected chi connectivity index (χ1v) is 7.79. The number of carbonyl (C=O) groups excluding carboxylic acids is 1. The van der Waals surface area contributed by atoms with Gasteiger partial charge in [-0.05, 0) is 5.92 Å². The van der Waals surface area contributed by atoms with E-state index >= 15 is 0 Å². The van der Waals surface area contributed by atoms with Crippen molar-refractivity contribution in [2.45, 2.75) is 62.2 Å². The predicted molar refractivity (Wildman–Crippen MR) is 68.7 cm³/mol. The summed E-state index contributed by atoms with van der Waals surface area (Å²) in [5, 5.41) is 0. The van der Waals surface area contributed by atoms with Crippen LogP contribution in [0.25, 0.3) is 0 Å². The molecule has 0 aliphatic carbocycles. The van der Waals surface area contributed by atoms with E-state index in [1.165, 1.54) is 4.74 Å². The minimum atomic E-state index is -8.04. The molecule has 21 heteroatoms. The molecule has 204 valence electrons. The lowest BCUT2D eigenvalue weighted by Crippen LogP contribution is -2.68. The highest BCUT2D eigenvalue weighted by Crippen LogP contribution is 2.56. The Bertz CT molecular complexity index is 724. The highest BCUT2D eigenvalue weighted by Gasteiger charge is 2.85. The van der Waals surface area contributed by atoms with Crippen LogP contribution in [0.4, 0.5) is 74.6 Å². The molecule has 0 heterocycles. The molecule has 0 spiro atoms. The standard InChI is InChI=1S/C13H9F17O4/c1-4(2)3-32-5(31)6(14,9(18,19)20)33-13(29,30)8(17,11(24,25)26)34-12(27,28)7(15,16)10(21,22)23/h4H,3H2,1-2H3/t6-,8-/m1/s1. The summed E-state index contributed by atoms with van der Waals surface area (Å²) in [4.78, 5) is 11.2. The van der Waals surface area contributed by atoms with Gasteiger partial charge in [0.1, 0.15) is 0 Å². The Morgan fingerprint density at radius 3 is 1.32 bits per heavy atom. The summed E-state index contributed by atoms with van der Waals surface area (Å²) in [5.74, 6) is -27.4. The van der Waals surface area contributed by atoms with Crippen molar-refractivity contribution in [2.75, 3.05) is 6.61 Å². The number of esters is 1. The number of alkyl halides is 17. The van der Waals surface area contributed by atoms with Crippen molar-refractivity contribution in [3.63, 3.8) is 0 Å². The zero-order chi connectivity index (χ0) is 28.0. The number of ether oxygens (including phenoxy) is 3. The van der Waals surface area contributed by atoms with Gasteiger partial charge in [0.25, 0.3) is 0 Å². The third-order valence-electron chi connectivity index (χ3n) is 3.17. The molecule has 0 aromatic carbocycles. The van der Waals surface area contributed by atoms with Gasteiger partial charge in [-0.25, -0.2) is 4.79 Å². The lowest BCUT2D eigenvalue weighted by Gasteiger charge is -2.39. The van der Waals surface area contributed by atoms with Crippen LogP contribution in [-0.2, 0) is 19.0 Å². The van der Waals surface area contributed by atoms with Crippen LogP contribution in [0.1, 0.15) is 13.8 Å². The van der Waals surface area contributed by atoms with Crippen LogP contribution in [0.5, 0.6) is 0 Å². The normalized spacial score (nSPS) is 18.5. The monoisotopic (exact) mass is 552 g/mol. The first kappa shape index (κ1) is 32.2. The molecule has 0 aromatic heterocycles. The zero-order valence-corrected chi connectivity index (χ0v) is 15.8.